The van der Waals surface area contributed by atoms with Crippen molar-refractivity contribution in [2.45, 2.75) is 31.0 Å². The van der Waals surface area contributed by atoms with E-state index in [-0.39, 0.29) is 5.60 Å². The fourth-order valence-electron chi connectivity index (χ4n) is 3.73. The standard InChI is InChI=1S/C18H23N3O2S/c1-22-16-4-2-14(3-5-16)20-15-10-18(23-12-15)6-8-21(13-18)11-17-19-7-9-24-17/h2-5,7,9,15,20H,6,8,10-13H2,1H3/t15-,18+/m1/s1. The molecule has 1 aromatic carbocycles. The van der Waals surface area contributed by atoms with Gasteiger partial charge in [0.25, 0.3) is 0 Å². The van der Waals surface area contributed by atoms with E-state index >= 15 is 0 Å². The Morgan fingerprint density at radius 1 is 1.42 bits per heavy atom. The van der Waals surface area contributed by atoms with Gasteiger partial charge < -0.3 is 14.8 Å². The van der Waals surface area contributed by atoms with Crippen LogP contribution in [0.2, 0.25) is 0 Å². The molecule has 2 aliphatic rings. The van der Waals surface area contributed by atoms with Crippen LogP contribution in [0.1, 0.15) is 17.8 Å². The fraction of sp³-hybridized carbons (Fsp3) is 0.500. The topological polar surface area (TPSA) is 46.6 Å². The van der Waals surface area contributed by atoms with Crippen molar-refractivity contribution in [3.05, 3.63) is 40.8 Å². The highest BCUT2D eigenvalue weighted by molar-refractivity contribution is 7.09. The van der Waals surface area contributed by atoms with Crippen LogP contribution in [0.25, 0.3) is 0 Å². The molecule has 2 saturated heterocycles. The highest BCUT2D eigenvalue weighted by Crippen LogP contribution is 2.36. The molecule has 0 saturated carbocycles. The van der Waals surface area contributed by atoms with E-state index in [1.54, 1.807) is 18.4 Å². The number of hydrogen-bond donors (Lipinski definition) is 1. The van der Waals surface area contributed by atoms with Crippen molar-refractivity contribution < 1.29 is 9.47 Å². The van der Waals surface area contributed by atoms with Crippen LogP contribution in [0.3, 0.4) is 0 Å². The van der Waals surface area contributed by atoms with Gasteiger partial charge in [0, 0.05) is 36.8 Å². The van der Waals surface area contributed by atoms with Crippen LogP contribution in [-0.4, -0.2) is 48.3 Å². The fourth-order valence-corrected chi connectivity index (χ4v) is 4.39. The summed E-state index contributed by atoms with van der Waals surface area (Å²) in [6, 6.07) is 8.47. The smallest absolute Gasteiger partial charge is 0.119 e. The first-order chi connectivity index (χ1) is 11.7. The first-order valence-electron chi connectivity index (χ1n) is 8.40. The summed E-state index contributed by atoms with van der Waals surface area (Å²) >= 11 is 1.73. The number of benzene rings is 1. The number of rotatable bonds is 5. The van der Waals surface area contributed by atoms with Crippen molar-refractivity contribution in [1.82, 2.24) is 9.88 Å². The number of nitrogens with zero attached hydrogens (tertiary/aromatic N) is 2. The molecule has 0 radical (unpaired) electrons. The third-order valence-corrected chi connectivity index (χ3v) is 5.67. The molecule has 24 heavy (non-hydrogen) atoms. The van der Waals surface area contributed by atoms with Crippen LogP contribution in [0.4, 0.5) is 5.69 Å². The van der Waals surface area contributed by atoms with Crippen molar-refractivity contribution >= 4 is 17.0 Å². The van der Waals surface area contributed by atoms with Crippen molar-refractivity contribution in [3.63, 3.8) is 0 Å². The zero-order valence-electron chi connectivity index (χ0n) is 13.9. The second-order valence-corrected chi connectivity index (χ2v) is 7.63. The first kappa shape index (κ1) is 15.9. The molecule has 2 aliphatic heterocycles. The van der Waals surface area contributed by atoms with Crippen molar-refractivity contribution in [3.8, 4) is 5.75 Å². The summed E-state index contributed by atoms with van der Waals surface area (Å²) in [5.74, 6) is 0.883. The lowest BCUT2D eigenvalue weighted by atomic mass is 9.97. The number of thiazole rings is 1. The molecule has 128 valence electrons. The number of ether oxygens (including phenoxy) is 2. The van der Waals surface area contributed by atoms with Crippen LogP contribution in [0.15, 0.2) is 35.8 Å². The van der Waals surface area contributed by atoms with Gasteiger partial charge in [0.15, 0.2) is 0 Å². The van der Waals surface area contributed by atoms with Crippen LogP contribution in [0.5, 0.6) is 5.75 Å². The van der Waals surface area contributed by atoms with E-state index in [4.69, 9.17) is 9.47 Å². The molecule has 0 aliphatic carbocycles. The van der Waals surface area contributed by atoms with E-state index in [1.807, 2.05) is 23.7 Å². The van der Waals surface area contributed by atoms with Gasteiger partial charge >= 0.3 is 0 Å². The van der Waals surface area contributed by atoms with Crippen molar-refractivity contribution in [2.75, 3.05) is 32.1 Å². The Bertz CT molecular complexity index is 661. The molecule has 0 amide bonds. The molecule has 5 nitrogen and oxygen atoms in total. The van der Waals surface area contributed by atoms with Crippen molar-refractivity contribution in [1.29, 1.82) is 0 Å². The van der Waals surface area contributed by atoms with Gasteiger partial charge in [-0.25, -0.2) is 4.98 Å². The van der Waals surface area contributed by atoms with Gasteiger partial charge in [0.2, 0.25) is 0 Å². The Labute approximate surface area is 146 Å². The van der Waals surface area contributed by atoms with Gasteiger partial charge in [0.05, 0.1) is 31.9 Å². The summed E-state index contributed by atoms with van der Waals surface area (Å²) in [7, 11) is 1.69. The molecule has 1 spiro atoms. The molecule has 6 heteroatoms. The molecule has 1 aromatic heterocycles. The maximum Gasteiger partial charge on any atom is 0.119 e. The minimum atomic E-state index is 0.0153. The second-order valence-electron chi connectivity index (χ2n) is 6.65. The van der Waals surface area contributed by atoms with Crippen LogP contribution < -0.4 is 10.1 Å². The largest absolute Gasteiger partial charge is 0.497 e. The zero-order valence-corrected chi connectivity index (χ0v) is 14.7. The highest BCUT2D eigenvalue weighted by atomic mass is 32.1. The van der Waals surface area contributed by atoms with Gasteiger partial charge in [-0.2, -0.15) is 0 Å². The van der Waals surface area contributed by atoms with Gasteiger partial charge in [-0.15, -0.1) is 11.3 Å². The van der Waals surface area contributed by atoms with Crippen molar-refractivity contribution in [2.24, 2.45) is 0 Å². The monoisotopic (exact) mass is 345 g/mol. The number of anilines is 1. The normalized spacial score (nSPS) is 27.0. The molecule has 3 heterocycles. The number of nitrogens with one attached hydrogen (secondary N) is 1. The average molecular weight is 345 g/mol. The Morgan fingerprint density at radius 2 is 2.29 bits per heavy atom. The number of hydrogen-bond acceptors (Lipinski definition) is 6. The minimum Gasteiger partial charge on any atom is -0.497 e. The predicted molar refractivity (Wildman–Crippen MR) is 95.7 cm³/mol. The first-order valence-corrected chi connectivity index (χ1v) is 9.28. The third kappa shape index (κ3) is 3.41. The summed E-state index contributed by atoms with van der Waals surface area (Å²) in [5, 5.41) is 6.83. The quantitative estimate of drug-likeness (QED) is 0.903. The molecule has 4 rings (SSSR count). The molecule has 2 aromatic rings. The van der Waals surface area contributed by atoms with Gasteiger partial charge in [-0.05, 0) is 30.7 Å². The lowest BCUT2D eigenvalue weighted by Gasteiger charge is -2.23. The van der Waals surface area contributed by atoms with E-state index in [9.17, 15) is 0 Å². The zero-order chi connectivity index (χ0) is 16.4. The Hall–Kier alpha value is -1.63. The maximum absolute atomic E-state index is 6.23. The molecule has 2 fully saturated rings. The number of likely N-dealkylation sites (tertiary alicyclic amines) is 1. The summed E-state index contributed by atoms with van der Waals surface area (Å²) in [4.78, 5) is 6.86. The lowest BCUT2D eigenvalue weighted by molar-refractivity contribution is 0.0120. The molecular weight excluding hydrogens is 322 g/mol. The number of methoxy groups -OCH3 is 1. The molecule has 0 unspecified atom stereocenters. The van der Waals surface area contributed by atoms with Gasteiger partial charge in [-0.1, -0.05) is 0 Å². The van der Waals surface area contributed by atoms with E-state index < -0.39 is 0 Å². The summed E-state index contributed by atoms with van der Waals surface area (Å²) in [6.07, 6.45) is 4.05. The Morgan fingerprint density at radius 3 is 3.04 bits per heavy atom. The summed E-state index contributed by atoms with van der Waals surface area (Å²) in [5.41, 5.74) is 1.14. The Balaban J connectivity index is 1.32. The van der Waals surface area contributed by atoms with E-state index in [1.165, 1.54) is 5.01 Å². The highest BCUT2D eigenvalue weighted by Gasteiger charge is 2.45. The third-order valence-electron chi connectivity index (χ3n) is 4.91. The lowest BCUT2D eigenvalue weighted by Crippen LogP contribution is -2.33. The summed E-state index contributed by atoms with van der Waals surface area (Å²) in [6.45, 7) is 3.82. The van der Waals surface area contributed by atoms with Crippen LogP contribution >= 0.6 is 11.3 Å². The molecule has 1 N–H and O–H groups in total. The Kier molecular flexibility index (Phi) is 4.43. The summed E-state index contributed by atoms with van der Waals surface area (Å²) < 4.78 is 11.4. The number of aromatic nitrogens is 1. The molecular formula is C18H23N3O2S. The van der Waals surface area contributed by atoms with E-state index in [2.05, 4.69) is 27.3 Å². The van der Waals surface area contributed by atoms with E-state index in [0.717, 1.165) is 50.5 Å². The predicted octanol–water partition coefficient (Wildman–Crippen LogP) is 3.00. The maximum atomic E-state index is 6.23. The van der Waals surface area contributed by atoms with E-state index in [0.29, 0.717) is 6.04 Å². The van der Waals surface area contributed by atoms with Gasteiger partial charge in [0.1, 0.15) is 10.8 Å². The molecule has 2 atom stereocenters. The minimum absolute atomic E-state index is 0.0153. The van der Waals surface area contributed by atoms with Crippen LogP contribution in [-0.2, 0) is 11.3 Å². The SMILES string of the molecule is COc1ccc(N[C@H]2CO[C@@]3(CCN(Cc4nccs4)C3)C2)cc1. The van der Waals surface area contributed by atoms with Crippen LogP contribution in [0, 0.1) is 0 Å². The average Bonchev–Trinajstić information content (AvgIpc) is 3.33. The van der Waals surface area contributed by atoms with Gasteiger partial charge in [-0.3, -0.25) is 4.90 Å². The molecule has 0 bridgehead atoms. The second kappa shape index (κ2) is 6.70.